The monoisotopic (exact) mass is 414 g/mol. The van der Waals surface area contributed by atoms with Gasteiger partial charge in [0.2, 0.25) is 0 Å². The normalized spacial score (nSPS) is 17.5. The van der Waals surface area contributed by atoms with Crippen LogP contribution in [0.3, 0.4) is 0 Å². The van der Waals surface area contributed by atoms with Gasteiger partial charge in [0.25, 0.3) is 0 Å². The quantitative estimate of drug-likeness (QED) is 0.573. The lowest BCUT2D eigenvalue weighted by atomic mass is 9.97. The molecule has 1 fully saturated rings. The van der Waals surface area contributed by atoms with Crippen molar-refractivity contribution in [2.24, 2.45) is 5.92 Å². The molecule has 0 N–H and O–H groups in total. The molecule has 1 aliphatic rings. The molecular formula is C22H24Cl2N4. The second-order valence-corrected chi connectivity index (χ2v) is 8.61. The summed E-state index contributed by atoms with van der Waals surface area (Å²) < 4.78 is 0. The lowest BCUT2D eigenvalue weighted by Crippen LogP contribution is -2.40. The number of fused-ring (bicyclic) bond motifs is 1. The molecule has 0 aliphatic carbocycles. The Morgan fingerprint density at radius 2 is 1.89 bits per heavy atom. The van der Waals surface area contributed by atoms with Crippen molar-refractivity contribution in [1.29, 1.82) is 0 Å². The van der Waals surface area contributed by atoms with Crippen molar-refractivity contribution in [3.8, 4) is 11.1 Å². The van der Waals surface area contributed by atoms with Crippen LogP contribution in [-0.2, 0) is 0 Å². The first-order chi connectivity index (χ1) is 13.5. The van der Waals surface area contributed by atoms with Gasteiger partial charge < -0.3 is 9.80 Å². The maximum atomic E-state index is 6.58. The van der Waals surface area contributed by atoms with Crippen molar-refractivity contribution in [2.75, 3.05) is 38.6 Å². The summed E-state index contributed by atoms with van der Waals surface area (Å²) in [7, 11) is 4.28. The van der Waals surface area contributed by atoms with Gasteiger partial charge in [-0.1, -0.05) is 35.3 Å². The summed E-state index contributed by atoms with van der Waals surface area (Å²) in [5.74, 6) is 1.65. The molecule has 4 nitrogen and oxygen atoms in total. The predicted molar refractivity (Wildman–Crippen MR) is 118 cm³/mol. The number of rotatable bonds is 4. The number of piperidine rings is 1. The van der Waals surface area contributed by atoms with E-state index in [-0.39, 0.29) is 0 Å². The van der Waals surface area contributed by atoms with Crippen molar-refractivity contribution in [3.05, 3.63) is 52.8 Å². The van der Waals surface area contributed by atoms with Gasteiger partial charge in [-0.25, -0.2) is 9.97 Å². The number of halogens is 2. The van der Waals surface area contributed by atoms with Gasteiger partial charge in [0.05, 0.1) is 10.5 Å². The van der Waals surface area contributed by atoms with Gasteiger partial charge in [-0.05, 0) is 62.7 Å². The van der Waals surface area contributed by atoms with Crippen molar-refractivity contribution >= 4 is 39.9 Å². The maximum Gasteiger partial charge on any atom is 0.139 e. The molecular weight excluding hydrogens is 391 g/mol. The Hall–Kier alpha value is -1.88. The number of benzene rings is 2. The molecule has 3 aromatic rings. The van der Waals surface area contributed by atoms with E-state index in [1.807, 2.05) is 30.3 Å². The molecule has 1 aliphatic heterocycles. The minimum Gasteiger partial charge on any atom is -0.356 e. The van der Waals surface area contributed by atoms with Gasteiger partial charge in [-0.3, -0.25) is 0 Å². The molecule has 1 unspecified atom stereocenters. The molecule has 0 saturated carbocycles. The van der Waals surface area contributed by atoms with Crippen molar-refractivity contribution in [3.63, 3.8) is 0 Å². The zero-order valence-electron chi connectivity index (χ0n) is 16.2. The smallest absolute Gasteiger partial charge is 0.139 e. The average Bonchev–Trinajstić information content (AvgIpc) is 2.67. The Morgan fingerprint density at radius 1 is 1.11 bits per heavy atom. The number of hydrogen-bond acceptors (Lipinski definition) is 4. The van der Waals surface area contributed by atoms with Crippen molar-refractivity contribution in [2.45, 2.75) is 12.8 Å². The highest BCUT2D eigenvalue weighted by molar-refractivity contribution is 6.34. The molecule has 0 amide bonds. The molecule has 2 heterocycles. The molecule has 2 aromatic carbocycles. The molecule has 0 radical (unpaired) electrons. The maximum absolute atomic E-state index is 6.58. The Bertz CT molecular complexity index is 972. The Morgan fingerprint density at radius 3 is 2.64 bits per heavy atom. The van der Waals surface area contributed by atoms with Gasteiger partial charge in [0, 0.05) is 35.6 Å². The molecule has 1 saturated heterocycles. The Balaban J connectivity index is 1.74. The van der Waals surface area contributed by atoms with Crippen LogP contribution in [0.4, 0.5) is 5.82 Å². The van der Waals surface area contributed by atoms with E-state index in [0.29, 0.717) is 16.0 Å². The number of hydrogen-bond donors (Lipinski definition) is 0. The largest absolute Gasteiger partial charge is 0.356 e. The van der Waals surface area contributed by atoms with Crippen molar-refractivity contribution in [1.82, 2.24) is 14.9 Å². The van der Waals surface area contributed by atoms with Gasteiger partial charge in [0.1, 0.15) is 12.1 Å². The Kier molecular flexibility index (Phi) is 5.72. The molecule has 0 bridgehead atoms. The highest BCUT2D eigenvalue weighted by Gasteiger charge is 2.23. The van der Waals surface area contributed by atoms with Crippen LogP contribution >= 0.6 is 23.2 Å². The second kappa shape index (κ2) is 8.24. The van der Waals surface area contributed by atoms with Crippen LogP contribution in [0.2, 0.25) is 10.0 Å². The van der Waals surface area contributed by atoms with Gasteiger partial charge >= 0.3 is 0 Å². The molecule has 4 rings (SSSR count). The molecule has 1 aromatic heterocycles. The third-order valence-electron chi connectivity index (χ3n) is 5.30. The highest BCUT2D eigenvalue weighted by Crippen LogP contribution is 2.36. The summed E-state index contributed by atoms with van der Waals surface area (Å²) >= 11 is 12.6. The Labute approximate surface area is 176 Å². The van der Waals surface area contributed by atoms with E-state index in [2.05, 4.69) is 39.9 Å². The minimum absolute atomic E-state index is 0.650. The van der Waals surface area contributed by atoms with E-state index in [1.54, 1.807) is 6.33 Å². The molecule has 28 heavy (non-hydrogen) atoms. The summed E-state index contributed by atoms with van der Waals surface area (Å²) in [5, 5.41) is 2.44. The first-order valence-corrected chi connectivity index (χ1v) is 10.4. The lowest BCUT2D eigenvalue weighted by molar-refractivity contribution is 0.291. The SMILES string of the molecule is CN(C)CC1CCCN(c2ncnc3cc(Cl)c(-c4ccc(Cl)cc4)cc23)C1. The van der Waals surface area contributed by atoms with Gasteiger partial charge in [-0.2, -0.15) is 0 Å². The standard InChI is InChI=1S/C22H24Cl2N4/c1-27(2)12-15-4-3-9-28(13-15)22-19-10-18(16-5-7-17(23)8-6-16)20(24)11-21(19)25-14-26-22/h5-8,10-11,14-15H,3-4,9,12-13H2,1-2H3. The zero-order chi connectivity index (χ0) is 19.7. The predicted octanol–water partition coefficient (Wildman–Crippen LogP) is 5.38. The summed E-state index contributed by atoms with van der Waals surface area (Å²) in [4.78, 5) is 13.8. The first kappa shape index (κ1) is 19.4. The van der Waals surface area contributed by atoms with E-state index in [9.17, 15) is 0 Å². The molecule has 1 atom stereocenters. The second-order valence-electron chi connectivity index (χ2n) is 7.77. The van der Waals surface area contributed by atoms with Crippen LogP contribution in [0.1, 0.15) is 12.8 Å². The van der Waals surface area contributed by atoms with Crippen molar-refractivity contribution < 1.29 is 0 Å². The van der Waals surface area contributed by atoms with E-state index in [0.717, 1.165) is 47.5 Å². The fourth-order valence-electron chi connectivity index (χ4n) is 4.09. The van der Waals surface area contributed by atoms with E-state index in [4.69, 9.17) is 23.2 Å². The van der Waals surface area contributed by atoms with Gasteiger partial charge in [0.15, 0.2) is 0 Å². The van der Waals surface area contributed by atoms with Crippen LogP contribution in [0, 0.1) is 5.92 Å². The van der Waals surface area contributed by atoms with Crippen LogP contribution in [0.25, 0.3) is 22.0 Å². The lowest BCUT2D eigenvalue weighted by Gasteiger charge is -2.35. The highest BCUT2D eigenvalue weighted by atomic mass is 35.5. The van der Waals surface area contributed by atoms with E-state index in [1.165, 1.54) is 12.8 Å². The zero-order valence-corrected chi connectivity index (χ0v) is 17.7. The topological polar surface area (TPSA) is 32.3 Å². The number of aromatic nitrogens is 2. The fourth-order valence-corrected chi connectivity index (χ4v) is 4.48. The molecule has 0 spiro atoms. The summed E-state index contributed by atoms with van der Waals surface area (Å²) in [6, 6.07) is 11.8. The van der Waals surface area contributed by atoms with Crippen LogP contribution in [0.5, 0.6) is 0 Å². The number of anilines is 1. The third kappa shape index (κ3) is 4.09. The summed E-state index contributed by atoms with van der Waals surface area (Å²) in [5.41, 5.74) is 2.89. The van der Waals surface area contributed by atoms with Crippen LogP contribution < -0.4 is 4.90 Å². The molecule has 146 valence electrons. The summed E-state index contributed by atoms with van der Waals surface area (Å²) in [6.07, 6.45) is 4.09. The average molecular weight is 415 g/mol. The first-order valence-electron chi connectivity index (χ1n) is 9.61. The van der Waals surface area contributed by atoms with E-state index < -0.39 is 0 Å². The molecule has 6 heteroatoms. The van der Waals surface area contributed by atoms with Gasteiger partial charge in [-0.15, -0.1) is 0 Å². The third-order valence-corrected chi connectivity index (χ3v) is 5.86. The van der Waals surface area contributed by atoms with Crippen LogP contribution in [0.15, 0.2) is 42.7 Å². The summed E-state index contributed by atoms with van der Waals surface area (Å²) in [6.45, 7) is 3.14. The van der Waals surface area contributed by atoms with E-state index >= 15 is 0 Å². The minimum atomic E-state index is 0.650. The fraction of sp³-hybridized carbons (Fsp3) is 0.364. The van der Waals surface area contributed by atoms with Crippen LogP contribution in [-0.4, -0.2) is 48.6 Å². The number of nitrogens with zero attached hydrogens (tertiary/aromatic N) is 4.